The van der Waals surface area contributed by atoms with Crippen LogP contribution in [-0.2, 0) is 11.3 Å². The molecule has 1 rings (SSSR count). The molecule has 0 spiro atoms. The number of hydrogen-bond donors (Lipinski definition) is 1. The van der Waals surface area contributed by atoms with Crippen LogP contribution in [0.2, 0.25) is 0 Å². The summed E-state index contributed by atoms with van der Waals surface area (Å²) in [7, 11) is 0. The number of aromatic nitrogens is 1. The molecule has 1 aromatic heterocycles. The van der Waals surface area contributed by atoms with Gasteiger partial charge in [-0.25, -0.2) is 0 Å². The Hall–Kier alpha value is -1.64. The molecule has 0 unspecified atom stereocenters. The maximum atomic E-state index is 11.2. The molecule has 0 saturated carbocycles. The Morgan fingerprint density at radius 1 is 1.57 bits per heavy atom. The van der Waals surface area contributed by atoms with Crippen LogP contribution in [0.5, 0.6) is 0 Å². The van der Waals surface area contributed by atoms with Gasteiger partial charge in [-0.2, -0.15) is 0 Å². The maximum absolute atomic E-state index is 11.2. The summed E-state index contributed by atoms with van der Waals surface area (Å²) in [6.07, 6.45) is 5.03. The highest BCUT2D eigenvalue weighted by Gasteiger charge is 1.96. The van der Waals surface area contributed by atoms with Crippen LogP contribution in [0.4, 0.5) is 0 Å². The molecule has 74 valence electrons. The van der Waals surface area contributed by atoms with Crippen molar-refractivity contribution in [2.75, 3.05) is 0 Å². The van der Waals surface area contributed by atoms with E-state index in [1.165, 1.54) is 0 Å². The van der Waals surface area contributed by atoms with E-state index in [2.05, 4.69) is 10.3 Å². The Morgan fingerprint density at radius 3 is 2.93 bits per heavy atom. The molecule has 0 aliphatic rings. The monoisotopic (exact) mass is 190 g/mol. The lowest BCUT2D eigenvalue weighted by atomic mass is 10.3. The van der Waals surface area contributed by atoms with E-state index < -0.39 is 0 Å². The number of nitrogens with zero attached hydrogens (tertiary/aromatic N) is 1. The zero-order valence-corrected chi connectivity index (χ0v) is 8.45. The SMILES string of the molecule is CC(C)=CC(=O)NCc1cccnc1. The van der Waals surface area contributed by atoms with Gasteiger partial charge < -0.3 is 5.32 Å². The minimum absolute atomic E-state index is 0.0612. The molecule has 0 aliphatic heterocycles. The molecule has 0 aliphatic carbocycles. The van der Waals surface area contributed by atoms with Crippen LogP contribution in [-0.4, -0.2) is 10.9 Å². The molecule has 1 N–H and O–H groups in total. The fourth-order valence-electron chi connectivity index (χ4n) is 1.01. The average molecular weight is 190 g/mol. The first-order chi connectivity index (χ1) is 6.68. The summed E-state index contributed by atoms with van der Waals surface area (Å²) in [5, 5.41) is 2.77. The Labute approximate surface area is 83.9 Å². The van der Waals surface area contributed by atoms with Crippen LogP contribution < -0.4 is 5.32 Å². The second-order valence-corrected chi connectivity index (χ2v) is 3.30. The van der Waals surface area contributed by atoms with Crippen LogP contribution in [0.25, 0.3) is 0 Å². The first kappa shape index (κ1) is 10.4. The van der Waals surface area contributed by atoms with Gasteiger partial charge in [0, 0.05) is 25.0 Å². The first-order valence-electron chi connectivity index (χ1n) is 4.50. The topological polar surface area (TPSA) is 42.0 Å². The molecule has 0 radical (unpaired) electrons. The summed E-state index contributed by atoms with van der Waals surface area (Å²) in [5.41, 5.74) is 2.00. The van der Waals surface area contributed by atoms with Crippen molar-refractivity contribution in [3.05, 3.63) is 41.7 Å². The van der Waals surface area contributed by atoms with Crippen molar-refractivity contribution in [1.29, 1.82) is 0 Å². The molecule has 1 aromatic rings. The van der Waals surface area contributed by atoms with Gasteiger partial charge in [0.2, 0.25) is 5.91 Å². The molecule has 1 heterocycles. The van der Waals surface area contributed by atoms with Gasteiger partial charge >= 0.3 is 0 Å². The van der Waals surface area contributed by atoms with E-state index in [4.69, 9.17) is 0 Å². The lowest BCUT2D eigenvalue weighted by Gasteiger charge is -2.01. The highest BCUT2D eigenvalue weighted by atomic mass is 16.1. The summed E-state index contributed by atoms with van der Waals surface area (Å²) in [5.74, 6) is -0.0612. The summed E-state index contributed by atoms with van der Waals surface area (Å²) in [6, 6.07) is 3.78. The zero-order valence-electron chi connectivity index (χ0n) is 8.45. The standard InChI is InChI=1S/C11H14N2O/c1-9(2)6-11(14)13-8-10-4-3-5-12-7-10/h3-7H,8H2,1-2H3,(H,13,14). The summed E-state index contributed by atoms with van der Waals surface area (Å²) in [4.78, 5) is 15.2. The van der Waals surface area contributed by atoms with Gasteiger partial charge in [0.05, 0.1) is 0 Å². The number of carbonyl (C=O) groups excluding carboxylic acids is 1. The third kappa shape index (κ3) is 3.85. The highest BCUT2D eigenvalue weighted by Crippen LogP contribution is 1.95. The number of rotatable bonds is 3. The van der Waals surface area contributed by atoms with E-state index in [0.29, 0.717) is 6.54 Å². The average Bonchev–Trinajstić information content (AvgIpc) is 2.15. The van der Waals surface area contributed by atoms with E-state index in [0.717, 1.165) is 11.1 Å². The number of pyridine rings is 1. The summed E-state index contributed by atoms with van der Waals surface area (Å²) < 4.78 is 0. The molecule has 0 aromatic carbocycles. The van der Waals surface area contributed by atoms with Gasteiger partial charge in [0.15, 0.2) is 0 Å². The Morgan fingerprint density at radius 2 is 2.36 bits per heavy atom. The number of nitrogens with one attached hydrogen (secondary N) is 1. The Bertz CT molecular complexity index is 326. The smallest absolute Gasteiger partial charge is 0.244 e. The lowest BCUT2D eigenvalue weighted by Crippen LogP contribution is -2.20. The van der Waals surface area contributed by atoms with Gasteiger partial charge in [0.25, 0.3) is 0 Å². The second-order valence-electron chi connectivity index (χ2n) is 3.30. The normalized spacial score (nSPS) is 9.29. The van der Waals surface area contributed by atoms with Crippen molar-refractivity contribution < 1.29 is 4.79 Å². The Kier molecular flexibility index (Phi) is 3.85. The van der Waals surface area contributed by atoms with Gasteiger partial charge in [-0.1, -0.05) is 11.6 Å². The molecule has 3 heteroatoms. The number of amides is 1. The van der Waals surface area contributed by atoms with E-state index in [-0.39, 0.29) is 5.91 Å². The predicted octanol–water partition coefficient (Wildman–Crippen LogP) is 1.66. The fourth-order valence-corrected chi connectivity index (χ4v) is 1.01. The lowest BCUT2D eigenvalue weighted by molar-refractivity contribution is -0.116. The quantitative estimate of drug-likeness (QED) is 0.736. The van der Waals surface area contributed by atoms with Crippen molar-refractivity contribution in [2.45, 2.75) is 20.4 Å². The van der Waals surface area contributed by atoms with Crippen molar-refractivity contribution in [3.8, 4) is 0 Å². The summed E-state index contributed by atoms with van der Waals surface area (Å²) >= 11 is 0. The molecule has 0 atom stereocenters. The van der Waals surface area contributed by atoms with Gasteiger partial charge in [0.1, 0.15) is 0 Å². The molecule has 0 saturated heterocycles. The molecule has 0 bridgehead atoms. The largest absolute Gasteiger partial charge is 0.348 e. The van der Waals surface area contributed by atoms with Crippen LogP contribution in [0.3, 0.4) is 0 Å². The number of allylic oxidation sites excluding steroid dienone is 1. The zero-order chi connectivity index (χ0) is 10.4. The first-order valence-corrected chi connectivity index (χ1v) is 4.50. The Balaban J connectivity index is 2.42. The molecule has 3 nitrogen and oxygen atoms in total. The third-order valence-electron chi connectivity index (χ3n) is 1.61. The van der Waals surface area contributed by atoms with Gasteiger partial charge in [-0.3, -0.25) is 9.78 Å². The van der Waals surface area contributed by atoms with Crippen LogP contribution in [0.1, 0.15) is 19.4 Å². The number of hydrogen-bond acceptors (Lipinski definition) is 2. The molecule has 14 heavy (non-hydrogen) atoms. The van der Waals surface area contributed by atoms with Crippen molar-refractivity contribution in [2.24, 2.45) is 0 Å². The van der Waals surface area contributed by atoms with Crippen LogP contribution >= 0.6 is 0 Å². The number of carbonyl (C=O) groups is 1. The van der Waals surface area contributed by atoms with Crippen molar-refractivity contribution in [3.63, 3.8) is 0 Å². The van der Waals surface area contributed by atoms with Gasteiger partial charge in [-0.05, 0) is 25.5 Å². The predicted molar refractivity (Wildman–Crippen MR) is 55.5 cm³/mol. The molecular formula is C11H14N2O. The molecular weight excluding hydrogens is 176 g/mol. The summed E-state index contributed by atoms with van der Waals surface area (Å²) in [6.45, 7) is 4.31. The van der Waals surface area contributed by atoms with Crippen molar-refractivity contribution >= 4 is 5.91 Å². The van der Waals surface area contributed by atoms with E-state index in [9.17, 15) is 4.79 Å². The highest BCUT2D eigenvalue weighted by molar-refractivity contribution is 5.87. The van der Waals surface area contributed by atoms with Crippen molar-refractivity contribution in [1.82, 2.24) is 10.3 Å². The fraction of sp³-hybridized carbons (Fsp3) is 0.273. The molecule has 1 amide bonds. The minimum Gasteiger partial charge on any atom is -0.348 e. The van der Waals surface area contributed by atoms with E-state index in [1.54, 1.807) is 18.5 Å². The molecule has 0 fully saturated rings. The van der Waals surface area contributed by atoms with Crippen LogP contribution in [0.15, 0.2) is 36.2 Å². The van der Waals surface area contributed by atoms with E-state index in [1.807, 2.05) is 26.0 Å². The minimum atomic E-state index is -0.0612. The third-order valence-corrected chi connectivity index (χ3v) is 1.61. The van der Waals surface area contributed by atoms with E-state index >= 15 is 0 Å². The van der Waals surface area contributed by atoms with Gasteiger partial charge in [-0.15, -0.1) is 0 Å². The van der Waals surface area contributed by atoms with Crippen LogP contribution in [0, 0.1) is 0 Å². The maximum Gasteiger partial charge on any atom is 0.244 e. The second kappa shape index (κ2) is 5.17.